The first-order valence-electron chi connectivity index (χ1n) is 6.30. The van der Waals surface area contributed by atoms with Crippen LogP contribution in [0.3, 0.4) is 0 Å². The summed E-state index contributed by atoms with van der Waals surface area (Å²) < 4.78 is 7.48. The average molecular weight is 256 g/mol. The van der Waals surface area contributed by atoms with Gasteiger partial charge in [-0.3, -0.25) is 9.67 Å². The van der Waals surface area contributed by atoms with E-state index < -0.39 is 0 Å². The van der Waals surface area contributed by atoms with Crippen LogP contribution in [0.25, 0.3) is 0 Å². The first-order chi connectivity index (χ1) is 9.31. The summed E-state index contributed by atoms with van der Waals surface area (Å²) in [4.78, 5) is 4.39. The Bertz CT molecular complexity index is 586. The predicted octanol–water partition coefficient (Wildman–Crippen LogP) is 1.35. The summed E-state index contributed by atoms with van der Waals surface area (Å²) in [5.74, 6) is 1.82. The Morgan fingerprint density at radius 1 is 1.32 bits per heavy atom. The second kappa shape index (κ2) is 5.14. The van der Waals surface area contributed by atoms with Crippen molar-refractivity contribution >= 4 is 5.84 Å². The molecule has 0 saturated carbocycles. The molecule has 98 valence electrons. The molecule has 0 atom stereocenters. The number of aryl methyl sites for hydroxylation is 1. The summed E-state index contributed by atoms with van der Waals surface area (Å²) in [5.41, 5.74) is 2.17. The molecular weight excluding hydrogens is 240 g/mol. The molecular formula is C14H16N4O. The quantitative estimate of drug-likeness (QED) is 0.898. The van der Waals surface area contributed by atoms with E-state index in [9.17, 15) is 0 Å². The van der Waals surface area contributed by atoms with E-state index in [0.717, 1.165) is 35.8 Å². The fourth-order valence-corrected chi connectivity index (χ4v) is 2.01. The van der Waals surface area contributed by atoms with Crippen LogP contribution in [0.1, 0.15) is 11.1 Å². The van der Waals surface area contributed by atoms with E-state index in [4.69, 9.17) is 4.74 Å². The zero-order valence-corrected chi connectivity index (χ0v) is 10.8. The van der Waals surface area contributed by atoms with E-state index in [1.807, 2.05) is 43.7 Å². The monoisotopic (exact) mass is 256 g/mol. The van der Waals surface area contributed by atoms with Gasteiger partial charge in [-0.25, -0.2) is 0 Å². The van der Waals surface area contributed by atoms with Gasteiger partial charge in [0.1, 0.15) is 18.2 Å². The van der Waals surface area contributed by atoms with Crippen LogP contribution >= 0.6 is 0 Å². The van der Waals surface area contributed by atoms with Crippen molar-refractivity contribution in [3.8, 4) is 5.75 Å². The van der Waals surface area contributed by atoms with Gasteiger partial charge < -0.3 is 10.1 Å². The van der Waals surface area contributed by atoms with Crippen LogP contribution in [0.4, 0.5) is 0 Å². The van der Waals surface area contributed by atoms with E-state index in [1.54, 1.807) is 4.68 Å². The van der Waals surface area contributed by atoms with Gasteiger partial charge in [0.25, 0.3) is 0 Å². The van der Waals surface area contributed by atoms with Crippen LogP contribution in [-0.2, 0) is 13.7 Å². The van der Waals surface area contributed by atoms with Crippen molar-refractivity contribution in [3.05, 3.63) is 47.8 Å². The number of nitrogens with one attached hydrogen (secondary N) is 1. The molecule has 0 bridgehead atoms. The van der Waals surface area contributed by atoms with E-state index in [-0.39, 0.29) is 0 Å². The smallest absolute Gasteiger partial charge is 0.128 e. The summed E-state index contributed by atoms with van der Waals surface area (Å²) in [6, 6.07) is 7.98. The van der Waals surface area contributed by atoms with Gasteiger partial charge in [0.05, 0.1) is 12.7 Å². The Hall–Kier alpha value is -2.30. The molecule has 1 aliphatic heterocycles. The third-order valence-electron chi connectivity index (χ3n) is 2.97. The fraction of sp³-hybridized carbons (Fsp3) is 0.286. The molecule has 3 rings (SSSR count). The molecule has 19 heavy (non-hydrogen) atoms. The zero-order valence-electron chi connectivity index (χ0n) is 10.8. The third kappa shape index (κ3) is 2.76. The van der Waals surface area contributed by atoms with Gasteiger partial charge in [-0.15, -0.1) is 0 Å². The third-order valence-corrected chi connectivity index (χ3v) is 2.97. The molecule has 1 aliphatic rings. The van der Waals surface area contributed by atoms with Crippen molar-refractivity contribution in [1.29, 1.82) is 0 Å². The van der Waals surface area contributed by atoms with Gasteiger partial charge in [-0.2, -0.15) is 5.10 Å². The summed E-state index contributed by atoms with van der Waals surface area (Å²) in [6.07, 6.45) is 3.76. The summed E-state index contributed by atoms with van der Waals surface area (Å²) in [6.45, 7) is 2.32. The Morgan fingerprint density at radius 2 is 2.16 bits per heavy atom. The number of hydrogen-bond acceptors (Lipinski definition) is 4. The Labute approximate surface area is 111 Å². The van der Waals surface area contributed by atoms with Gasteiger partial charge in [-0.05, 0) is 24.3 Å². The van der Waals surface area contributed by atoms with Crippen molar-refractivity contribution in [2.24, 2.45) is 12.0 Å². The Morgan fingerprint density at radius 3 is 2.79 bits per heavy atom. The highest BCUT2D eigenvalue weighted by Crippen LogP contribution is 2.14. The lowest BCUT2D eigenvalue weighted by Crippen LogP contribution is -2.19. The second-order valence-electron chi connectivity index (χ2n) is 4.49. The van der Waals surface area contributed by atoms with Crippen molar-refractivity contribution in [3.63, 3.8) is 0 Å². The molecule has 1 aromatic heterocycles. The van der Waals surface area contributed by atoms with Crippen LogP contribution in [0.15, 0.2) is 41.7 Å². The molecule has 2 aromatic rings. The number of hydrogen-bond donors (Lipinski definition) is 1. The topological polar surface area (TPSA) is 51.4 Å². The number of aromatic nitrogens is 2. The summed E-state index contributed by atoms with van der Waals surface area (Å²) in [7, 11) is 1.90. The maximum Gasteiger partial charge on any atom is 0.128 e. The lowest BCUT2D eigenvalue weighted by atomic mass is 10.2. The molecule has 2 heterocycles. The minimum absolute atomic E-state index is 0.534. The van der Waals surface area contributed by atoms with Crippen molar-refractivity contribution < 1.29 is 4.74 Å². The number of rotatable bonds is 4. The maximum atomic E-state index is 5.71. The van der Waals surface area contributed by atoms with Crippen LogP contribution in [0.2, 0.25) is 0 Å². The minimum atomic E-state index is 0.534. The highest BCUT2D eigenvalue weighted by Gasteiger charge is 2.07. The molecule has 0 spiro atoms. The zero-order chi connectivity index (χ0) is 13.1. The highest BCUT2D eigenvalue weighted by atomic mass is 16.5. The fourth-order valence-electron chi connectivity index (χ4n) is 2.01. The molecule has 1 N–H and O–H groups in total. The predicted molar refractivity (Wildman–Crippen MR) is 73.4 cm³/mol. The molecule has 5 heteroatoms. The van der Waals surface area contributed by atoms with Crippen molar-refractivity contribution in [1.82, 2.24) is 15.1 Å². The molecule has 5 nitrogen and oxygen atoms in total. The average Bonchev–Trinajstić information content (AvgIpc) is 3.08. The van der Waals surface area contributed by atoms with E-state index in [1.165, 1.54) is 0 Å². The summed E-state index contributed by atoms with van der Waals surface area (Å²) >= 11 is 0. The SMILES string of the molecule is Cn1cc(COc2ccc(C3=NCCN3)cc2)cn1. The van der Waals surface area contributed by atoms with Gasteiger partial charge in [-0.1, -0.05) is 0 Å². The molecule has 1 aromatic carbocycles. The molecule has 0 amide bonds. The standard InChI is InChI=1S/C14H16N4O/c1-18-9-11(8-17-18)10-19-13-4-2-12(3-5-13)14-15-6-7-16-14/h2-5,8-9H,6-7,10H2,1H3,(H,15,16). The lowest BCUT2D eigenvalue weighted by molar-refractivity contribution is 0.306. The number of benzene rings is 1. The number of nitrogens with zero attached hydrogens (tertiary/aromatic N) is 3. The molecule has 0 aliphatic carbocycles. The number of amidine groups is 1. The van der Waals surface area contributed by atoms with Gasteiger partial charge >= 0.3 is 0 Å². The van der Waals surface area contributed by atoms with Gasteiger partial charge in [0.2, 0.25) is 0 Å². The lowest BCUT2D eigenvalue weighted by Gasteiger charge is -2.06. The maximum absolute atomic E-state index is 5.71. The molecule has 0 radical (unpaired) electrons. The number of aliphatic imine (C=N–C) groups is 1. The van der Waals surface area contributed by atoms with E-state index in [2.05, 4.69) is 15.4 Å². The molecule has 0 fully saturated rings. The van der Waals surface area contributed by atoms with E-state index in [0.29, 0.717) is 6.61 Å². The van der Waals surface area contributed by atoms with Crippen molar-refractivity contribution in [2.45, 2.75) is 6.61 Å². The van der Waals surface area contributed by atoms with Gasteiger partial charge in [0, 0.05) is 30.9 Å². The summed E-state index contributed by atoms with van der Waals surface area (Å²) in [5, 5.41) is 7.36. The van der Waals surface area contributed by atoms with Crippen molar-refractivity contribution in [2.75, 3.05) is 13.1 Å². The van der Waals surface area contributed by atoms with Crippen LogP contribution in [0, 0.1) is 0 Å². The molecule has 0 saturated heterocycles. The molecule has 0 unspecified atom stereocenters. The van der Waals surface area contributed by atoms with Crippen LogP contribution in [0.5, 0.6) is 5.75 Å². The minimum Gasteiger partial charge on any atom is -0.489 e. The Kier molecular flexibility index (Phi) is 3.18. The number of ether oxygens (including phenoxy) is 1. The van der Waals surface area contributed by atoms with Crippen LogP contribution in [-0.4, -0.2) is 28.7 Å². The first-order valence-corrected chi connectivity index (χ1v) is 6.30. The van der Waals surface area contributed by atoms with Crippen LogP contribution < -0.4 is 10.1 Å². The largest absolute Gasteiger partial charge is 0.489 e. The highest BCUT2D eigenvalue weighted by molar-refractivity contribution is 5.99. The van der Waals surface area contributed by atoms with E-state index >= 15 is 0 Å². The van der Waals surface area contributed by atoms with Gasteiger partial charge in [0.15, 0.2) is 0 Å². The Balaban J connectivity index is 1.62. The second-order valence-corrected chi connectivity index (χ2v) is 4.49. The normalized spacial score (nSPS) is 14.1. The first kappa shape index (κ1) is 11.8.